The summed E-state index contributed by atoms with van der Waals surface area (Å²) in [6.07, 6.45) is 28.3. The Morgan fingerprint density at radius 1 is 0.219 bits per heavy atom. The number of hydrogen-bond acceptors (Lipinski definition) is 4. The van der Waals surface area contributed by atoms with Crippen molar-refractivity contribution < 1.29 is 0 Å². The molecule has 2 heterocycles. The molecule has 7 saturated carbocycles. The van der Waals surface area contributed by atoms with Crippen LogP contribution < -0.4 is 19.6 Å². The summed E-state index contributed by atoms with van der Waals surface area (Å²) in [6, 6.07) is 52.4. The van der Waals surface area contributed by atoms with Gasteiger partial charge in [-0.2, -0.15) is 0 Å². The fraction of sp³-hybridized carbons (Fsp3) is 0.600. The Hall–Kier alpha value is -3.92. The molecule has 4 aromatic rings. The van der Waals surface area contributed by atoms with E-state index in [9.17, 15) is 0 Å². The first kappa shape index (κ1) is 40.4. The number of anilines is 4. The minimum atomic E-state index is 0.577. The number of benzene rings is 4. The normalized spacial score (nSPS) is 40.4. The Bertz CT molecular complexity index is 1850. The van der Waals surface area contributed by atoms with Gasteiger partial charge in [0.25, 0.3) is 0 Å². The van der Waals surface area contributed by atoms with Crippen molar-refractivity contribution in [3.05, 3.63) is 121 Å². The van der Waals surface area contributed by atoms with Gasteiger partial charge in [-0.05, 0) is 173 Å². The molecule has 0 N–H and O–H groups in total. The minimum Gasteiger partial charge on any atom is -0.361 e. The molecule has 9 fully saturated rings. The molecule has 4 heteroatoms. The van der Waals surface area contributed by atoms with Gasteiger partial charge in [0, 0.05) is 46.9 Å². The van der Waals surface area contributed by atoms with Crippen LogP contribution in [-0.2, 0) is 0 Å². The summed E-state index contributed by atoms with van der Waals surface area (Å²) in [5.41, 5.74) is 6.07. The molecule has 336 valence electrons. The predicted octanol–water partition coefficient (Wildman–Crippen LogP) is 13.8. The first-order valence-electron chi connectivity index (χ1n) is 27.1. The topological polar surface area (TPSA) is 13.0 Å². The van der Waals surface area contributed by atoms with Gasteiger partial charge in [0.1, 0.15) is 0 Å². The molecule has 13 rings (SSSR count). The van der Waals surface area contributed by atoms with E-state index in [1.807, 2.05) is 0 Å². The van der Waals surface area contributed by atoms with E-state index in [1.54, 1.807) is 0 Å². The number of piperazine rings is 2. The monoisotopic (exact) mass is 853 g/mol. The fourth-order valence-corrected chi connectivity index (χ4v) is 18.5. The van der Waals surface area contributed by atoms with Crippen molar-refractivity contribution in [1.82, 2.24) is 0 Å². The highest BCUT2D eigenvalue weighted by Crippen LogP contribution is 2.63. The zero-order valence-electron chi connectivity index (χ0n) is 38.7. The SMILES string of the molecule is c1ccc(N2C3CCCCC3N(c3ccccc3)C3CC4C5CCCCC5C5CC6C(CC5C5CCCCC5C4CC32)N(c2ccccc2)C2CCCCC2N6c2ccccc2)cc1. The van der Waals surface area contributed by atoms with Gasteiger partial charge in [0.05, 0.1) is 24.2 Å². The first-order chi connectivity index (χ1) is 31.8. The highest BCUT2D eigenvalue weighted by molar-refractivity contribution is 5.59. The van der Waals surface area contributed by atoms with E-state index in [0.717, 1.165) is 47.3 Å². The number of fused-ring (bicyclic) bond motifs is 12. The molecule has 4 nitrogen and oxygen atoms in total. The van der Waals surface area contributed by atoms with E-state index in [0.29, 0.717) is 48.3 Å². The van der Waals surface area contributed by atoms with Gasteiger partial charge in [0.2, 0.25) is 0 Å². The lowest BCUT2D eigenvalue weighted by Crippen LogP contribution is -2.73. The van der Waals surface area contributed by atoms with Crippen molar-refractivity contribution in [3.63, 3.8) is 0 Å². The number of para-hydroxylation sites is 4. The summed E-state index contributed by atoms with van der Waals surface area (Å²) in [5, 5.41) is 0. The smallest absolute Gasteiger partial charge is 0.0500 e. The summed E-state index contributed by atoms with van der Waals surface area (Å²) >= 11 is 0. The Balaban J connectivity index is 0.936. The van der Waals surface area contributed by atoms with Crippen molar-refractivity contribution in [2.75, 3.05) is 19.6 Å². The van der Waals surface area contributed by atoms with Crippen molar-refractivity contribution >= 4 is 22.7 Å². The van der Waals surface area contributed by atoms with Gasteiger partial charge in [0.15, 0.2) is 0 Å². The van der Waals surface area contributed by atoms with Crippen LogP contribution in [0, 0.1) is 47.3 Å². The molecule has 16 unspecified atom stereocenters. The maximum Gasteiger partial charge on any atom is 0.0500 e. The lowest BCUT2D eigenvalue weighted by Gasteiger charge is -2.67. The maximum absolute atomic E-state index is 3.10. The molecule has 64 heavy (non-hydrogen) atoms. The van der Waals surface area contributed by atoms with Gasteiger partial charge in [-0.15, -0.1) is 0 Å². The van der Waals surface area contributed by atoms with E-state index in [4.69, 9.17) is 0 Å². The predicted molar refractivity (Wildman–Crippen MR) is 266 cm³/mol. The van der Waals surface area contributed by atoms with Crippen LogP contribution in [-0.4, -0.2) is 48.3 Å². The Kier molecular flexibility index (Phi) is 10.8. The third-order valence-electron chi connectivity index (χ3n) is 20.5. The van der Waals surface area contributed by atoms with Gasteiger partial charge >= 0.3 is 0 Å². The van der Waals surface area contributed by atoms with E-state index in [1.165, 1.54) is 151 Å². The lowest BCUT2D eigenvalue weighted by molar-refractivity contribution is -0.0930. The largest absolute Gasteiger partial charge is 0.361 e. The van der Waals surface area contributed by atoms with Gasteiger partial charge < -0.3 is 19.6 Å². The second-order valence-electron chi connectivity index (χ2n) is 22.9. The summed E-state index contributed by atoms with van der Waals surface area (Å²) < 4.78 is 0. The fourth-order valence-electron chi connectivity index (χ4n) is 18.5. The molecular weight excluding hydrogens is 777 g/mol. The van der Waals surface area contributed by atoms with Crippen molar-refractivity contribution in [1.29, 1.82) is 0 Å². The molecular formula is C60H76N4. The van der Waals surface area contributed by atoms with Crippen LogP contribution in [0.25, 0.3) is 0 Å². The van der Waals surface area contributed by atoms with E-state index < -0.39 is 0 Å². The number of hydrogen-bond donors (Lipinski definition) is 0. The van der Waals surface area contributed by atoms with Crippen LogP contribution in [0.15, 0.2) is 121 Å². The quantitative estimate of drug-likeness (QED) is 0.190. The molecule has 2 aliphatic heterocycles. The molecule has 0 aromatic heterocycles. The molecule has 16 atom stereocenters. The van der Waals surface area contributed by atoms with Gasteiger partial charge in [-0.1, -0.05) is 124 Å². The molecule has 0 bridgehead atoms. The molecule has 0 spiro atoms. The maximum atomic E-state index is 3.10. The standard InChI is InChI=1S/C60H76N4/c1-5-21-41(22-6-1)61-53-33-17-18-34-54(53)62(42-23-7-2-8-24-42)58-38-50-47-31-15-16-32-48(47)52-40-60-59(39-51(52)46-30-14-13-29-45(46)49(50)37-57(58)61)63(43-25-9-3-10-26-43)55-35-19-20-36-56(55)64(60)44-27-11-4-12-28-44/h1-12,21-28,45-60H,13-20,29-40H2. The van der Waals surface area contributed by atoms with E-state index in [2.05, 4.69) is 141 Å². The third-order valence-corrected chi connectivity index (χ3v) is 20.5. The Morgan fingerprint density at radius 3 is 0.641 bits per heavy atom. The van der Waals surface area contributed by atoms with Crippen LogP contribution in [0.2, 0.25) is 0 Å². The summed E-state index contributed by atoms with van der Waals surface area (Å²) in [6.45, 7) is 0. The van der Waals surface area contributed by atoms with Gasteiger partial charge in [-0.25, -0.2) is 0 Å². The number of nitrogens with zero attached hydrogens (tertiary/aromatic N) is 4. The Labute approximate surface area is 386 Å². The second-order valence-corrected chi connectivity index (χ2v) is 22.9. The highest BCUT2D eigenvalue weighted by atomic mass is 15.4. The molecule has 9 aliphatic rings. The zero-order chi connectivity index (χ0) is 42.1. The Morgan fingerprint density at radius 2 is 0.422 bits per heavy atom. The second kappa shape index (κ2) is 17.1. The first-order valence-corrected chi connectivity index (χ1v) is 27.1. The highest BCUT2D eigenvalue weighted by Gasteiger charge is 2.61. The third kappa shape index (κ3) is 6.70. The van der Waals surface area contributed by atoms with Gasteiger partial charge in [-0.3, -0.25) is 0 Å². The van der Waals surface area contributed by atoms with Crippen molar-refractivity contribution in [3.8, 4) is 0 Å². The molecule has 4 aromatic carbocycles. The van der Waals surface area contributed by atoms with Crippen LogP contribution >= 0.6 is 0 Å². The van der Waals surface area contributed by atoms with Crippen LogP contribution in [0.3, 0.4) is 0 Å². The zero-order valence-corrected chi connectivity index (χ0v) is 38.7. The van der Waals surface area contributed by atoms with E-state index >= 15 is 0 Å². The van der Waals surface area contributed by atoms with E-state index in [-0.39, 0.29) is 0 Å². The van der Waals surface area contributed by atoms with Crippen molar-refractivity contribution in [2.45, 2.75) is 177 Å². The summed E-state index contributed by atoms with van der Waals surface area (Å²) in [7, 11) is 0. The molecule has 0 amide bonds. The molecule has 0 radical (unpaired) electrons. The lowest BCUT2D eigenvalue weighted by atomic mass is 9.46. The minimum absolute atomic E-state index is 0.577. The summed E-state index contributed by atoms with van der Waals surface area (Å²) in [4.78, 5) is 12.4. The van der Waals surface area contributed by atoms with Crippen LogP contribution in [0.4, 0.5) is 22.7 Å². The average Bonchev–Trinajstić information content (AvgIpc) is 3.37. The molecule has 2 saturated heterocycles. The van der Waals surface area contributed by atoms with Crippen LogP contribution in [0.1, 0.15) is 128 Å². The molecule has 7 aliphatic carbocycles. The van der Waals surface area contributed by atoms with Crippen molar-refractivity contribution in [2.24, 2.45) is 47.3 Å². The van der Waals surface area contributed by atoms with Crippen LogP contribution in [0.5, 0.6) is 0 Å². The summed E-state index contributed by atoms with van der Waals surface area (Å²) in [5.74, 6) is 6.89. The average molecular weight is 853 g/mol. The number of rotatable bonds is 4.